The van der Waals surface area contributed by atoms with E-state index in [4.69, 9.17) is 4.74 Å². The van der Waals surface area contributed by atoms with Crippen LogP contribution >= 0.6 is 0 Å². The van der Waals surface area contributed by atoms with Crippen molar-refractivity contribution in [2.75, 3.05) is 33.3 Å². The van der Waals surface area contributed by atoms with Gasteiger partial charge in [0.2, 0.25) is 0 Å². The first-order valence-corrected chi connectivity index (χ1v) is 5.88. The van der Waals surface area contributed by atoms with E-state index in [1.807, 2.05) is 4.90 Å². The Labute approximate surface area is 91.2 Å². The van der Waals surface area contributed by atoms with Crippen LogP contribution in [0.1, 0.15) is 25.7 Å². The van der Waals surface area contributed by atoms with E-state index in [1.54, 1.807) is 0 Å². The van der Waals surface area contributed by atoms with Crippen molar-refractivity contribution in [3.8, 4) is 0 Å². The van der Waals surface area contributed by atoms with E-state index in [0.717, 1.165) is 25.9 Å². The van der Waals surface area contributed by atoms with Crippen LogP contribution < -0.4 is 0 Å². The zero-order chi connectivity index (χ0) is 10.7. The minimum absolute atomic E-state index is 0.171. The van der Waals surface area contributed by atoms with Crippen molar-refractivity contribution in [3.63, 3.8) is 0 Å². The summed E-state index contributed by atoms with van der Waals surface area (Å²) in [5.74, 6) is 0. The van der Waals surface area contributed by atoms with Crippen LogP contribution in [0.4, 0.5) is 4.79 Å². The van der Waals surface area contributed by atoms with Crippen molar-refractivity contribution in [3.05, 3.63) is 0 Å². The van der Waals surface area contributed by atoms with Gasteiger partial charge in [-0.15, -0.1) is 0 Å². The fraction of sp³-hybridized carbons (Fsp3) is 0.909. The number of ether oxygens (including phenoxy) is 1. The van der Waals surface area contributed by atoms with Gasteiger partial charge >= 0.3 is 6.09 Å². The first kappa shape index (κ1) is 10.7. The number of hydrogen-bond acceptors (Lipinski definition) is 3. The second-order valence-electron chi connectivity index (χ2n) is 4.43. The molecule has 0 N–H and O–H groups in total. The third-order valence-corrected chi connectivity index (χ3v) is 3.55. The minimum atomic E-state index is -0.171. The van der Waals surface area contributed by atoms with Crippen molar-refractivity contribution >= 4 is 6.09 Å². The summed E-state index contributed by atoms with van der Waals surface area (Å²) in [4.78, 5) is 15.7. The molecule has 15 heavy (non-hydrogen) atoms. The molecule has 1 amide bonds. The van der Waals surface area contributed by atoms with Crippen LogP contribution in [0, 0.1) is 0 Å². The summed E-state index contributed by atoms with van der Waals surface area (Å²) in [6.45, 7) is 4.22. The van der Waals surface area contributed by atoms with Gasteiger partial charge in [-0.05, 0) is 38.8 Å². The highest BCUT2D eigenvalue weighted by molar-refractivity contribution is 5.67. The van der Waals surface area contributed by atoms with E-state index >= 15 is 0 Å². The number of carbonyl (C=O) groups is 1. The van der Waals surface area contributed by atoms with Crippen molar-refractivity contribution in [1.82, 2.24) is 9.80 Å². The summed E-state index contributed by atoms with van der Waals surface area (Å²) in [6, 6.07) is 0.702. The van der Waals surface area contributed by atoms with Crippen LogP contribution in [0.25, 0.3) is 0 Å². The van der Waals surface area contributed by atoms with Crippen molar-refractivity contribution in [2.24, 2.45) is 0 Å². The molecule has 2 rings (SSSR count). The molecule has 2 heterocycles. The lowest BCUT2D eigenvalue weighted by molar-refractivity contribution is 0.0914. The second kappa shape index (κ2) is 4.84. The standard InChI is InChI=1S/C11H20N2O2/c1-15-11(14)13-8-4-10(5-9-13)12-6-2-3-7-12/h10H,2-9H2,1H3. The highest BCUT2D eigenvalue weighted by Crippen LogP contribution is 2.21. The Balaban J connectivity index is 1.78. The molecular weight excluding hydrogens is 192 g/mol. The van der Waals surface area contributed by atoms with Gasteiger partial charge in [0.1, 0.15) is 0 Å². The highest BCUT2D eigenvalue weighted by atomic mass is 16.5. The summed E-state index contributed by atoms with van der Waals surface area (Å²) >= 11 is 0. The number of methoxy groups -OCH3 is 1. The zero-order valence-corrected chi connectivity index (χ0v) is 9.45. The molecule has 0 saturated carbocycles. The van der Waals surface area contributed by atoms with Gasteiger partial charge in [0.25, 0.3) is 0 Å². The number of hydrogen-bond donors (Lipinski definition) is 0. The maximum absolute atomic E-state index is 11.3. The van der Waals surface area contributed by atoms with Gasteiger partial charge in [0, 0.05) is 19.1 Å². The Morgan fingerprint density at radius 1 is 1.13 bits per heavy atom. The molecule has 0 atom stereocenters. The Kier molecular flexibility index (Phi) is 3.46. The van der Waals surface area contributed by atoms with Crippen LogP contribution in [-0.4, -0.2) is 55.2 Å². The minimum Gasteiger partial charge on any atom is -0.453 e. The van der Waals surface area contributed by atoms with Crippen molar-refractivity contribution in [1.29, 1.82) is 0 Å². The van der Waals surface area contributed by atoms with E-state index in [2.05, 4.69) is 4.90 Å². The average molecular weight is 212 g/mol. The number of carbonyl (C=O) groups excluding carboxylic acids is 1. The van der Waals surface area contributed by atoms with Gasteiger partial charge in [-0.3, -0.25) is 0 Å². The molecule has 4 heteroatoms. The van der Waals surface area contributed by atoms with Crippen molar-refractivity contribution < 1.29 is 9.53 Å². The van der Waals surface area contributed by atoms with Crippen molar-refractivity contribution in [2.45, 2.75) is 31.7 Å². The first-order valence-electron chi connectivity index (χ1n) is 5.88. The lowest BCUT2D eigenvalue weighted by Gasteiger charge is -2.35. The molecular formula is C11H20N2O2. The third kappa shape index (κ3) is 2.43. The molecule has 2 saturated heterocycles. The number of likely N-dealkylation sites (tertiary alicyclic amines) is 2. The fourth-order valence-corrected chi connectivity index (χ4v) is 2.65. The molecule has 0 bridgehead atoms. The maximum Gasteiger partial charge on any atom is 0.409 e. The SMILES string of the molecule is COC(=O)N1CCC(N2CCCC2)CC1. The molecule has 2 aliphatic rings. The molecule has 0 spiro atoms. The second-order valence-corrected chi connectivity index (χ2v) is 4.43. The number of amides is 1. The summed E-state index contributed by atoms with van der Waals surface area (Å²) in [6.07, 6.45) is 4.73. The van der Waals surface area contributed by atoms with E-state index in [1.165, 1.54) is 33.0 Å². The van der Waals surface area contributed by atoms with Gasteiger partial charge < -0.3 is 14.5 Å². The Morgan fingerprint density at radius 2 is 1.73 bits per heavy atom. The van der Waals surface area contributed by atoms with Crippen LogP contribution in [0.15, 0.2) is 0 Å². The van der Waals surface area contributed by atoms with E-state index in [-0.39, 0.29) is 6.09 Å². The highest BCUT2D eigenvalue weighted by Gasteiger charge is 2.28. The maximum atomic E-state index is 11.3. The van der Waals surface area contributed by atoms with Gasteiger partial charge in [-0.1, -0.05) is 0 Å². The molecule has 0 aromatic rings. The molecule has 0 aliphatic carbocycles. The molecule has 86 valence electrons. The molecule has 2 fully saturated rings. The van der Waals surface area contributed by atoms with Gasteiger partial charge in [0.15, 0.2) is 0 Å². The molecule has 2 aliphatic heterocycles. The molecule has 0 aromatic heterocycles. The zero-order valence-electron chi connectivity index (χ0n) is 9.45. The Bertz CT molecular complexity index is 219. The van der Waals surface area contributed by atoms with Gasteiger partial charge in [-0.2, -0.15) is 0 Å². The van der Waals surface area contributed by atoms with Crippen LogP contribution in [-0.2, 0) is 4.74 Å². The smallest absolute Gasteiger partial charge is 0.409 e. The van der Waals surface area contributed by atoms with Crippen LogP contribution in [0.3, 0.4) is 0 Å². The summed E-state index contributed by atoms with van der Waals surface area (Å²) in [5.41, 5.74) is 0. The number of piperidine rings is 1. The molecule has 0 radical (unpaired) electrons. The largest absolute Gasteiger partial charge is 0.453 e. The Hall–Kier alpha value is -0.770. The quantitative estimate of drug-likeness (QED) is 0.657. The predicted molar refractivity (Wildman–Crippen MR) is 57.8 cm³/mol. The number of rotatable bonds is 1. The lowest BCUT2D eigenvalue weighted by Crippen LogP contribution is -2.45. The Morgan fingerprint density at radius 3 is 2.27 bits per heavy atom. The summed E-state index contributed by atoms with van der Waals surface area (Å²) in [5, 5.41) is 0. The third-order valence-electron chi connectivity index (χ3n) is 3.55. The van der Waals surface area contributed by atoms with Gasteiger partial charge in [0.05, 0.1) is 7.11 Å². The number of nitrogens with zero attached hydrogens (tertiary/aromatic N) is 2. The van der Waals surface area contributed by atoms with E-state index < -0.39 is 0 Å². The first-order chi connectivity index (χ1) is 7.31. The van der Waals surface area contributed by atoms with Gasteiger partial charge in [-0.25, -0.2) is 4.79 Å². The molecule has 0 aromatic carbocycles. The normalized spacial score (nSPS) is 24.5. The summed E-state index contributed by atoms with van der Waals surface area (Å²) in [7, 11) is 1.45. The van der Waals surface area contributed by atoms with Crippen LogP contribution in [0.2, 0.25) is 0 Å². The molecule has 4 nitrogen and oxygen atoms in total. The fourth-order valence-electron chi connectivity index (χ4n) is 2.65. The monoisotopic (exact) mass is 212 g/mol. The predicted octanol–water partition coefficient (Wildman–Crippen LogP) is 1.31. The lowest BCUT2D eigenvalue weighted by atomic mass is 10.0. The van der Waals surface area contributed by atoms with Crippen LogP contribution in [0.5, 0.6) is 0 Å². The molecule has 0 unspecified atom stereocenters. The average Bonchev–Trinajstić information content (AvgIpc) is 2.82. The van der Waals surface area contributed by atoms with E-state index in [0.29, 0.717) is 6.04 Å². The topological polar surface area (TPSA) is 32.8 Å². The van der Waals surface area contributed by atoms with E-state index in [9.17, 15) is 4.79 Å². The summed E-state index contributed by atoms with van der Waals surface area (Å²) < 4.78 is 4.72.